The highest BCUT2D eigenvalue weighted by Gasteiger charge is 2.23. The lowest BCUT2D eigenvalue weighted by molar-refractivity contribution is 0.321. The summed E-state index contributed by atoms with van der Waals surface area (Å²) in [7, 11) is 5.06. The van der Waals surface area contributed by atoms with Crippen molar-refractivity contribution in [3.8, 4) is 11.5 Å². The minimum absolute atomic E-state index is 0.314. The number of guanidine groups is 1. The third-order valence-electron chi connectivity index (χ3n) is 4.26. The topological polar surface area (TPSA) is 58.1 Å². The number of methoxy groups -OCH3 is 2. The van der Waals surface area contributed by atoms with Crippen molar-refractivity contribution in [3.05, 3.63) is 23.8 Å². The number of benzene rings is 1. The van der Waals surface area contributed by atoms with Gasteiger partial charge in [0.25, 0.3) is 0 Å². The second-order valence-electron chi connectivity index (χ2n) is 6.13. The molecular formula is C18H29FN4O2. The van der Waals surface area contributed by atoms with Gasteiger partial charge in [0.05, 0.1) is 20.9 Å². The van der Waals surface area contributed by atoms with Crippen molar-refractivity contribution in [2.75, 3.05) is 47.6 Å². The van der Waals surface area contributed by atoms with Gasteiger partial charge in [0.2, 0.25) is 0 Å². The minimum atomic E-state index is -0.314. The Balaban J connectivity index is 1.86. The van der Waals surface area contributed by atoms with Crippen LogP contribution in [0.15, 0.2) is 23.2 Å². The summed E-state index contributed by atoms with van der Waals surface area (Å²) in [6.07, 6.45) is 1.54. The van der Waals surface area contributed by atoms with Crippen LogP contribution in [0.5, 0.6) is 11.5 Å². The van der Waals surface area contributed by atoms with E-state index in [9.17, 15) is 4.39 Å². The van der Waals surface area contributed by atoms with Crippen molar-refractivity contribution in [1.82, 2.24) is 15.5 Å². The Morgan fingerprint density at radius 3 is 2.60 bits per heavy atom. The lowest BCUT2D eigenvalue weighted by Gasteiger charge is -2.19. The van der Waals surface area contributed by atoms with E-state index >= 15 is 0 Å². The molecule has 6 nitrogen and oxygen atoms in total. The SMILES string of the molecule is CN=C(NCCCF)NC1CCN(Cc2cc(OC)cc(OC)c2)C1. The van der Waals surface area contributed by atoms with Gasteiger partial charge in [-0.05, 0) is 30.5 Å². The zero-order valence-corrected chi connectivity index (χ0v) is 15.3. The zero-order chi connectivity index (χ0) is 18.1. The largest absolute Gasteiger partial charge is 0.497 e. The number of hydrogen-bond acceptors (Lipinski definition) is 4. The van der Waals surface area contributed by atoms with E-state index in [1.54, 1.807) is 21.3 Å². The molecular weight excluding hydrogens is 323 g/mol. The number of likely N-dealkylation sites (tertiary alicyclic amines) is 1. The fourth-order valence-corrected chi connectivity index (χ4v) is 2.97. The van der Waals surface area contributed by atoms with Gasteiger partial charge < -0.3 is 20.1 Å². The van der Waals surface area contributed by atoms with E-state index in [-0.39, 0.29) is 6.67 Å². The molecule has 1 unspecified atom stereocenters. The van der Waals surface area contributed by atoms with Crippen LogP contribution >= 0.6 is 0 Å². The van der Waals surface area contributed by atoms with E-state index in [0.29, 0.717) is 19.0 Å². The van der Waals surface area contributed by atoms with E-state index in [0.717, 1.165) is 43.5 Å². The first-order valence-electron chi connectivity index (χ1n) is 8.66. The summed E-state index contributed by atoms with van der Waals surface area (Å²) >= 11 is 0. The average molecular weight is 352 g/mol. The number of hydrogen-bond donors (Lipinski definition) is 2. The van der Waals surface area contributed by atoms with Crippen LogP contribution in [0.4, 0.5) is 4.39 Å². The molecule has 2 rings (SSSR count). The highest BCUT2D eigenvalue weighted by molar-refractivity contribution is 5.79. The number of ether oxygens (including phenoxy) is 2. The second-order valence-corrected chi connectivity index (χ2v) is 6.13. The van der Waals surface area contributed by atoms with Gasteiger partial charge >= 0.3 is 0 Å². The Morgan fingerprint density at radius 2 is 2.00 bits per heavy atom. The summed E-state index contributed by atoms with van der Waals surface area (Å²) in [6.45, 7) is 3.07. The van der Waals surface area contributed by atoms with Gasteiger partial charge in [0.1, 0.15) is 11.5 Å². The van der Waals surface area contributed by atoms with Crippen LogP contribution in [0.3, 0.4) is 0 Å². The molecule has 0 radical (unpaired) electrons. The van der Waals surface area contributed by atoms with Crippen LogP contribution in [0.25, 0.3) is 0 Å². The molecule has 7 heteroatoms. The van der Waals surface area contributed by atoms with E-state index in [1.807, 2.05) is 18.2 Å². The monoisotopic (exact) mass is 352 g/mol. The van der Waals surface area contributed by atoms with Crippen molar-refractivity contribution < 1.29 is 13.9 Å². The van der Waals surface area contributed by atoms with Crippen LogP contribution in [0, 0.1) is 0 Å². The normalized spacial score (nSPS) is 18.2. The number of aliphatic imine (C=N–C) groups is 1. The Kier molecular flexibility index (Phi) is 7.78. The van der Waals surface area contributed by atoms with Crippen molar-refractivity contribution in [1.29, 1.82) is 0 Å². The first-order chi connectivity index (χ1) is 12.2. The molecule has 1 fully saturated rings. The van der Waals surface area contributed by atoms with E-state index < -0.39 is 0 Å². The second kappa shape index (κ2) is 10.1. The van der Waals surface area contributed by atoms with E-state index in [1.165, 1.54) is 5.56 Å². The summed E-state index contributed by atoms with van der Waals surface area (Å²) < 4.78 is 22.9. The first kappa shape index (κ1) is 19.3. The molecule has 1 heterocycles. The number of nitrogens with one attached hydrogen (secondary N) is 2. The fourth-order valence-electron chi connectivity index (χ4n) is 2.97. The van der Waals surface area contributed by atoms with Gasteiger partial charge in [0, 0.05) is 45.3 Å². The van der Waals surface area contributed by atoms with Crippen LogP contribution < -0.4 is 20.1 Å². The highest BCUT2D eigenvalue weighted by Crippen LogP contribution is 2.24. The molecule has 1 atom stereocenters. The minimum Gasteiger partial charge on any atom is -0.497 e. The standard InChI is InChI=1S/C18H29FN4O2/c1-20-18(21-7-4-6-19)22-15-5-8-23(13-15)12-14-9-16(24-2)11-17(10-14)25-3/h9-11,15H,4-8,12-13H2,1-3H3,(H2,20,21,22). The molecule has 0 saturated carbocycles. The molecule has 2 N–H and O–H groups in total. The van der Waals surface area contributed by atoms with Gasteiger partial charge in [-0.3, -0.25) is 14.3 Å². The van der Waals surface area contributed by atoms with Gasteiger partial charge in [-0.25, -0.2) is 0 Å². The van der Waals surface area contributed by atoms with Gasteiger partial charge in [0.15, 0.2) is 5.96 Å². The van der Waals surface area contributed by atoms with Gasteiger partial charge in [-0.1, -0.05) is 0 Å². The summed E-state index contributed by atoms with van der Waals surface area (Å²) in [5.41, 5.74) is 1.17. The Morgan fingerprint density at radius 1 is 1.28 bits per heavy atom. The molecule has 1 aromatic carbocycles. The van der Waals surface area contributed by atoms with Gasteiger partial charge in [-0.2, -0.15) is 0 Å². The summed E-state index contributed by atoms with van der Waals surface area (Å²) in [6, 6.07) is 6.30. The molecule has 0 aliphatic carbocycles. The van der Waals surface area contributed by atoms with Crippen LogP contribution in [0.2, 0.25) is 0 Å². The lowest BCUT2D eigenvalue weighted by atomic mass is 10.2. The molecule has 25 heavy (non-hydrogen) atoms. The van der Waals surface area contributed by atoms with Gasteiger partial charge in [-0.15, -0.1) is 0 Å². The molecule has 1 aliphatic rings. The molecule has 0 bridgehead atoms. The number of halogens is 1. The molecule has 0 amide bonds. The maximum absolute atomic E-state index is 12.2. The van der Waals surface area contributed by atoms with Crippen LogP contribution in [-0.2, 0) is 6.54 Å². The highest BCUT2D eigenvalue weighted by atomic mass is 19.1. The molecule has 1 saturated heterocycles. The summed E-state index contributed by atoms with van der Waals surface area (Å²) in [5.74, 6) is 2.35. The smallest absolute Gasteiger partial charge is 0.191 e. The van der Waals surface area contributed by atoms with Crippen LogP contribution in [0.1, 0.15) is 18.4 Å². The fraction of sp³-hybridized carbons (Fsp3) is 0.611. The third-order valence-corrected chi connectivity index (χ3v) is 4.26. The molecule has 1 aliphatic heterocycles. The maximum Gasteiger partial charge on any atom is 0.191 e. The summed E-state index contributed by atoms with van der Waals surface area (Å²) in [5, 5.41) is 6.55. The molecule has 140 valence electrons. The first-order valence-corrected chi connectivity index (χ1v) is 8.66. The van der Waals surface area contributed by atoms with Crippen molar-refractivity contribution in [2.45, 2.75) is 25.4 Å². The Bertz CT molecular complexity index is 546. The molecule has 1 aromatic rings. The number of alkyl halides is 1. The van der Waals surface area contributed by atoms with Crippen molar-refractivity contribution >= 4 is 5.96 Å². The quantitative estimate of drug-likeness (QED) is 0.424. The molecule has 0 aromatic heterocycles. The summed E-state index contributed by atoms with van der Waals surface area (Å²) in [4.78, 5) is 6.59. The number of rotatable bonds is 8. The average Bonchev–Trinajstić information content (AvgIpc) is 3.07. The van der Waals surface area contributed by atoms with Crippen molar-refractivity contribution in [2.24, 2.45) is 4.99 Å². The van der Waals surface area contributed by atoms with E-state index in [4.69, 9.17) is 9.47 Å². The van der Waals surface area contributed by atoms with E-state index in [2.05, 4.69) is 20.5 Å². The van der Waals surface area contributed by atoms with Crippen molar-refractivity contribution in [3.63, 3.8) is 0 Å². The predicted molar refractivity (Wildman–Crippen MR) is 98.3 cm³/mol. The lowest BCUT2D eigenvalue weighted by Crippen LogP contribution is -2.44. The van der Waals surface area contributed by atoms with Crippen LogP contribution in [-0.4, -0.2) is 64.5 Å². The third kappa shape index (κ3) is 6.08. The predicted octanol–water partition coefficient (Wildman–Crippen LogP) is 1.80. The Labute approximate surface area is 149 Å². The maximum atomic E-state index is 12.2. The zero-order valence-electron chi connectivity index (χ0n) is 15.3. The molecule has 0 spiro atoms. The number of nitrogens with zero attached hydrogens (tertiary/aromatic N) is 2. The Hall–Kier alpha value is -2.02.